The van der Waals surface area contributed by atoms with E-state index in [0.29, 0.717) is 11.9 Å². The lowest BCUT2D eigenvalue weighted by Gasteiger charge is -2.32. The first-order chi connectivity index (χ1) is 6.45. The quantitative estimate of drug-likeness (QED) is 0.680. The van der Waals surface area contributed by atoms with E-state index >= 15 is 0 Å². The summed E-state index contributed by atoms with van der Waals surface area (Å²) in [5.74, 6) is 0.306. The molecule has 0 atom stereocenters. The van der Waals surface area contributed by atoms with Crippen LogP contribution in [0.1, 0.15) is 33.6 Å². The minimum atomic E-state index is -0.166. The van der Waals surface area contributed by atoms with Crippen LogP contribution in [0.2, 0.25) is 0 Å². The molecule has 14 heavy (non-hydrogen) atoms. The molecule has 0 N–H and O–H groups in total. The Balaban J connectivity index is 2.73. The van der Waals surface area contributed by atoms with Crippen molar-refractivity contribution in [3.05, 3.63) is 0 Å². The van der Waals surface area contributed by atoms with Crippen LogP contribution < -0.4 is 0 Å². The predicted molar refractivity (Wildman–Crippen MR) is 58.2 cm³/mol. The molecule has 0 aliphatic heterocycles. The number of hydrogen-bond donors (Lipinski definition) is 0. The molecule has 0 heterocycles. The lowest BCUT2D eigenvalue weighted by atomic mass is 10.1. The Morgan fingerprint density at radius 3 is 2.07 bits per heavy atom. The van der Waals surface area contributed by atoms with Gasteiger partial charge in [-0.15, -0.1) is 0 Å². The first-order valence-electron chi connectivity index (χ1n) is 5.44. The lowest BCUT2D eigenvalue weighted by Crippen LogP contribution is -2.50. The molecule has 1 aliphatic rings. The van der Waals surface area contributed by atoms with E-state index in [9.17, 15) is 4.79 Å². The van der Waals surface area contributed by atoms with Crippen LogP contribution in [0.4, 0.5) is 0 Å². The van der Waals surface area contributed by atoms with Gasteiger partial charge in [0.15, 0.2) is 0 Å². The van der Waals surface area contributed by atoms with Gasteiger partial charge in [-0.2, -0.15) is 0 Å². The number of nitrogens with zero attached hydrogens (tertiary/aromatic N) is 2. The fourth-order valence-electron chi connectivity index (χ4n) is 1.98. The van der Waals surface area contributed by atoms with E-state index in [2.05, 4.69) is 18.7 Å². The van der Waals surface area contributed by atoms with Crippen LogP contribution in [0.25, 0.3) is 0 Å². The number of amides is 1. The molecular weight excluding hydrogens is 176 g/mol. The second-order valence-corrected chi connectivity index (χ2v) is 4.61. The number of carbonyl (C=O) groups is 1. The average molecular weight is 198 g/mol. The maximum absolute atomic E-state index is 12.2. The van der Waals surface area contributed by atoms with Crippen LogP contribution in [0.3, 0.4) is 0 Å². The fourth-order valence-corrected chi connectivity index (χ4v) is 1.98. The molecule has 0 spiro atoms. The van der Waals surface area contributed by atoms with Gasteiger partial charge in [-0.1, -0.05) is 0 Å². The summed E-state index contributed by atoms with van der Waals surface area (Å²) in [7, 11) is 4.00. The van der Waals surface area contributed by atoms with Gasteiger partial charge in [-0.25, -0.2) is 0 Å². The van der Waals surface area contributed by atoms with E-state index in [1.54, 1.807) is 0 Å². The van der Waals surface area contributed by atoms with E-state index in [1.165, 1.54) is 0 Å². The minimum Gasteiger partial charge on any atom is -0.339 e. The van der Waals surface area contributed by atoms with Crippen molar-refractivity contribution in [2.24, 2.45) is 0 Å². The molecule has 0 bridgehead atoms. The van der Waals surface area contributed by atoms with E-state index in [0.717, 1.165) is 19.4 Å². The average Bonchev–Trinajstić information content (AvgIpc) is 2.83. The number of carbonyl (C=O) groups excluding carboxylic acids is 1. The van der Waals surface area contributed by atoms with E-state index in [4.69, 9.17) is 0 Å². The highest BCUT2D eigenvalue weighted by Gasteiger charge is 2.53. The SMILES string of the molecule is CCN(C(=O)C1(N(C)C)CC1)C(C)C. The fraction of sp³-hybridized carbons (Fsp3) is 0.909. The van der Waals surface area contributed by atoms with E-state index < -0.39 is 0 Å². The number of likely N-dealkylation sites (N-methyl/N-ethyl adjacent to an activating group) is 2. The van der Waals surface area contributed by atoms with Crippen LogP contribution in [0.15, 0.2) is 0 Å². The molecule has 0 unspecified atom stereocenters. The molecule has 1 saturated carbocycles. The molecule has 0 aromatic rings. The molecule has 82 valence electrons. The Bertz CT molecular complexity index is 219. The first-order valence-corrected chi connectivity index (χ1v) is 5.44. The highest BCUT2D eigenvalue weighted by Crippen LogP contribution is 2.41. The van der Waals surface area contributed by atoms with Crippen LogP contribution in [0, 0.1) is 0 Å². The summed E-state index contributed by atoms with van der Waals surface area (Å²) < 4.78 is 0. The van der Waals surface area contributed by atoms with Gasteiger partial charge in [0.05, 0.1) is 0 Å². The van der Waals surface area contributed by atoms with Crippen molar-refractivity contribution in [2.45, 2.75) is 45.2 Å². The zero-order valence-electron chi connectivity index (χ0n) is 10.0. The van der Waals surface area contributed by atoms with Gasteiger partial charge in [-0.3, -0.25) is 9.69 Å². The van der Waals surface area contributed by atoms with Gasteiger partial charge < -0.3 is 4.90 Å². The molecule has 0 saturated heterocycles. The monoisotopic (exact) mass is 198 g/mol. The number of rotatable bonds is 4. The Labute approximate surface area is 87.1 Å². The van der Waals surface area contributed by atoms with Crippen molar-refractivity contribution in [3.8, 4) is 0 Å². The van der Waals surface area contributed by atoms with Gasteiger partial charge in [-0.05, 0) is 47.7 Å². The Kier molecular flexibility index (Phi) is 3.20. The molecule has 3 nitrogen and oxygen atoms in total. The summed E-state index contributed by atoms with van der Waals surface area (Å²) in [6.45, 7) is 7.01. The second-order valence-electron chi connectivity index (χ2n) is 4.61. The Hall–Kier alpha value is -0.570. The summed E-state index contributed by atoms with van der Waals surface area (Å²) in [5, 5.41) is 0. The van der Waals surface area contributed by atoms with Gasteiger partial charge in [0.1, 0.15) is 5.54 Å². The van der Waals surface area contributed by atoms with Crippen molar-refractivity contribution in [2.75, 3.05) is 20.6 Å². The normalized spacial score (nSPS) is 18.8. The summed E-state index contributed by atoms with van der Waals surface area (Å²) in [4.78, 5) is 16.3. The summed E-state index contributed by atoms with van der Waals surface area (Å²) >= 11 is 0. The zero-order chi connectivity index (χ0) is 10.9. The molecule has 3 heteroatoms. The molecule has 0 aromatic heterocycles. The maximum Gasteiger partial charge on any atom is 0.243 e. The summed E-state index contributed by atoms with van der Waals surface area (Å²) in [6.07, 6.45) is 2.03. The topological polar surface area (TPSA) is 23.6 Å². The minimum absolute atomic E-state index is 0.166. The highest BCUT2D eigenvalue weighted by atomic mass is 16.2. The molecule has 1 fully saturated rings. The van der Waals surface area contributed by atoms with E-state index in [-0.39, 0.29) is 5.54 Å². The van der Waals surface area contributed by atoms with Crippen molar-refractivity contribution in [1.82, 2.24) is 9.80 Å². The predicted octanol–water partition coefficient (Wildman–Crippen LogP) is 1.34. The third-order valence-electron chi connectivity index (χ3n) is 3.20. The van der Waals surface area contributed by atoms with Crippen LogP contribution in [-0.4, -0.2) is 47.9 Å². The molecule has 0 radical (unpaired) electrons. The van der Waals surface area contributed by atoms with Crippen LogP contribution in [0.5, 0.6) is 0 Å². The van der Waals surface area contributed by atoms with Crippen LogP contribution in [-0.2, 0) is 4.79 Å². The first kappa shape index (κ1) is 11.5. The summed E-state index contributed by atoms with van der Waals surface area (Å²) in [6, 6.07) is 0.310. The third-order valence-corrected chi connectivity index (χ3v) is 3.20. The maximum atomic E-state index is 12.2. The van der Waals surface area contributed by atoms with Crippen molar-refractivity contribution in [1.29, 1.82) is 0 Å². The molecular formula is C11H22N2O. The molecule has 1 aliphatic carbocycles. The summed E-state index contributed by atoms with van der Waals surface area (Å²) in [5.41, 5.74) is -0.166. The van der Waals surface area contributed by atoms with Gasteiger partial charge in [0.25, 0.3) is 0 Å². The van der Waals surface area contributed by atoms with Gasteiger partial charge in [0.2, 0.25) is 5.91 Å². The zero-order valence-corrected chi connectivity index (χ0v) is 10.0. The smallest absolute Gasteiger partial charge is 0.243 e. The molecule has 0 aromatic carbocycles. The standard InChI is InChI=1S/C11H22N2O/c1-6-13(9(2)3)10(14)11(7-8-11)12(4)5/h9H,6-8H2,1-5H3. The van der Waals surface area contributed by atoms with Crippen molar-refractivity contribution >= 4 is 5.91 Å². The molecule has 1 rings (SSSR count). The third kappa shape index (κ3) is 1.78. The largest absolute Gasteiger partial charge is 0.339 e. The molecule has 1 amide bonds. The van der Waals surface area contributed by atoms with Gasteiger partial charge in [0, 0.05) is 12.6 Å². The van der Waals surface area contributed by atoms with Gasteiger partial charge >= 0.3 is 0 Å². The van der Waals surface area contributed by atoms with E-state index in [1.807, 2.05) is 25.9 Å². The number of hydrogen-bond acceptors (Lipinski definition) is 2. The Morgan fingerprint density at radius 1 is 1.36 bits per heavy atom. The van der Waals surface area contributed by atoms with Crippen LogP contribution >= 0.6 is 0 Å². The lowest BCUT2D eigenvalue weighted by molar-refractivity contribution is -0.139. The highest BCUT2D eigenvalue weighted by molar-refractivity contribution is 5.89. The Morgan fingerprint density at radius 2 is 1.86 bits per heavy atom. The van der Waals surface area contributed by atoms with Crippen molar-refractivity contribution in [3.63, 3.8) is 0 Å². The second kappa shape index (κ2) is 3.89. The van der Waals surface area contributed by atoms with Crippen molar-refractivity contribution < 1.29 is 4.79 Å².